The van der Waals surface area contributed by atoms with Gasteiger partial charge in [0.25, 0.3) is 11.8 Å². The predicted molar refractivity (Wildman–Crippen MR) is 161 cm³/mol. The van der Waals surface area contributed by atoms with Crippen LogP contribution in [0.1, 0.15) is 42.9 Å². The number of halogens is 3. The normalized spacial score (nSPS) is 18.1. The maximum atomic E-state index is 14.8. The molecule has 1 aliphatic carbocycles. The molecule has 13 heteroatoms. The molecule has 1 aliphatic heterocycles. The molecule has 3 amide bonds. The lowest BCUT2D eigenvalue weighted by molar-refractivity contribution is -0.133. The Morgan fingerprint density at radius 1 is 1.13 bits per heavy atom. The van der Waals surface area contributed by atoms with Crippen LogP contribution >= 0.6 is 11.6 Å². The van der Waals surface area contributed by atoms with Gasteiger partial charge < -0.3 is 5.32 Å². The first-order valence-electron chi connectivity index (χ1n) is 14.2. The zero-order valence-corrected chi connectivity index (χ0v) is 24.4. The Morgan fingerprint density at radius 2 is 1.93 bits per heavy atom. The Morgan fingerprint density at radius 3 is 2.64 bits per heavy atom. The summed E-state index contributed by atoms with van der Waals surface area (Å²) in [6, 6.07) is 15.0. The summed E-state index contributed by atoms with van der Waals surface area (Å²) >= 11 is 6.63. The van der Waals surface area contributed by atoms with Crippen molar-refractivity contribution in [3.05, 3.63) is 95.4 Å². The van der Waals surface area contributed by atoms with Gasteiger partial charge in [-0.05, 0) is 42.3 Å². The molecule has 2 aromatic carbocycles. The van der Waals surface area contributed by atoms with Gasteiger partial charge in [-0.3, -0.25) is 29.3 Å². The number of hydrogen-bond donors (Lipinski definition) is 2. The minimum absolute atomic E-state index is 0.0257. The van der Waals surface area contributed by atoms with Crippen molar-refractivity contribution < 1.29 is 23.2 Å². The third-order valence-electron chi connectivity index (χ3n) is 7.95. The van der Waals surface area contributed by atoms with Gasteiger partial charge in [-0.2, -0.15) is 10.4 Å². The second-order valence-electron chi connectivity index (χ2n) is 11.0. The van der Waals surface area contributed by atoms with E-state index in [-0.39, 0.29) is 40.7 Å². The number of hydrogen-bond acceptors (Lipinski definition) is 6. The van der Waals surface area contributed by atoms with Crippen LogP contribution in [0.4, 0.5) is 20.3 Å². The number of nitrogens with zero attached hydrogens (tertiary/aromatic N) is 5. The molecule has 3 heterocycles. The number of aromatic amines is 1. The van der Waals surface area contributed by atoms with Crippen molar-refractivity contribution in [2.24, 2.45) is 0 Å². The predicted octanol–water partition coefficient (Wildman–Crippen LogP) is 5.18. The number of nitrogens with one attached hydrogen (secondary N) is 2. The van der Waals surface area contributed by atoms with E-state index >= 15 is 0 Å². The van der Waals surface area contributed by atoms with Crippen LogP contribution in [0.15, 0.2) is 79.3 Å². The highest BCUT2D eigenvalue weighted by molar-refractivity contribution is 6.31. The molecule has 0 spiro atoms. The van der Waals surface area contributed by atoms with Gasteiger partial charge in [0.1, 0.15) is 17.9 Å². The van der Waals surface area contributed by atoms with Gasteiger partial charge in [0.15, 0.2) is 0 Å². The number of rotatable bonds is 8. The highest BCUT2D eigenvalue weighted by atomic mass is 35.5. The van der Waals surface area contributed by atoms with Crippen molar-refractivity contribution in [1.82, 2.24) is 20.5 Å². The van der Waals surface area contributed by atoms with Crippen LogP contribution in [-0.4, -0.2) is 50.9 Å². The van der Waals surface area contributed by atoms with Gasteiger partial charge in [0.05, 0.1) is 17.8 Å². The molecular formula is C32H26ClF2N7O3. The van der Waals surface area contributed by atoms with E-state index < -0.39 is 48.7 Å². The van der Waals surface area contributed by atoms with Crippen molar-refractivity contribution in [3.8, 4) is 17.2 Å². The topological polar surface area (TPSA) is 135 Å². The Bertz CT molecular complexity index is 1800. The molecule has 2 aliphatic rings. The zero-order chi connectivity index (χ0) is 31.7. The van der Waals surface area contributed by atoms with E-state index in [1.807, 2.05) is 6.07 Å². The number of nitriles is 1. The lowest BCUT2D eigenvalue weighted by Crippen LogP contribution is -2.56. The quantitative estimate of drug-likeness (QED) is 0.276. The second-order valence-corrected chi connectivity index (χ2v) is 11.4. The molecule has 228 valence electrons. The van der Waals surface area contributed by atoms with Crippen LogP contribution in [-0.2, 0) is 14.4 Å². The van der Waals surface area contributed by atoms with E-state index in [1.54, 1.807) is 60.9 Å². The molecule has 6 rings (SSSR count). The smallest absolute Gasteiger partial charge is 0.252 e. The average molecular weight is 630 g/mol. The largest absolute Gasteiger partial charge is 0.351 e. The Balaban J connectivity index is 1.48. The average Bonchev–Trinajstić information content (AvgIpc) is 3.70. The molecule has 0 radical (unpaired) electrons. The molecular weight excluding hydrogens is 604 g/mol. The minimum atomic E-state index is -2.89. The number of benzene rings is 2. The number of aromatic nitrogens is 3. The molecule has 4 aromatic rings. The van der Waals surface area contributed by atoms with E-state index in [2.05, 4.69) is 20.5 Å². The van der Waals surface area contributed by atoms with Crippen molar-refractivity contribution in [3.63, 3.8) is 0 Å². The Kier molecular flexibility index (Phi) is 8.03. The van der Waals surface area contributed by atoms with Crippen molar-refractivity contribution >= 4 is 40.8 Å². The fourth-order valence-electron chi connectivity index (χ4n) is 5.77. The fraction of sp³-hybridized carbons (Fsp3) is 0.250. The van der Waals surface area contributed by atoms with Crippen LogP contribution in [0.2, 0.25) is 5.02 Å². The van der Waals surface area contributed by atoms with Gasteiger partial charge in [0, 0.05) is 59.5 Å². The number of amides is 3. The summed E-state index contributed by atoms with van der Waals surface area (Å²) in [4.78, 5) is 48.9. The summed E-state index contributed by atoms with van der Waals surface area (Å²) in [5.74, 6) is -4.46. The lowest BCUT2D eigenvalue weighted by atomic mass is 9.87. The summed E-state index contributed by atoms with van der Waals surface area (Å²) < 4.78 is 27.5. The highest BCUT2D eigenvalue weighted by Gasteiger charge is 2.48. The second kappa shape index (κ2) is 12.1. The third-order valence-corrected chi connectivity index (χ3v) is 8.30. The number of anilines is 2. The maximum Gasteiger partial charge on any atom is 0.252 e. The molecule has 2 fully saturated rings. The highest BCUT2D eigenvalue weighted by Crippen LogP contribution is 2.40. The number of pyridine rings is 1. The molecule has 1 saturated carbocycles. The summed E-state index contributed by atoms with van der Waals surface area (Å²) in [6.07, 6.45) is 3.74. The first kappa shape index (κ1) is 29.9. The van der Waals surface area contributed by atoms with Gasteiger partial charge in [0.2, 0.25) is 11.8 Å². The van der Waals surface area contributed by atoms with Gasteiger partial charge >= 0.3 is 0 Å². The summed E-state index contributed by atoms with van der Waals surface area (Å²) in [6.45, 7) is 0. The fourth-order valence-corrected chi connectivity index (χ4v) is 6.01. The standard InChI is InChI=1S/C32H26ClF2N7O3/c33-25-7-2-1-6-24(25)29(30(44)40-22-14-32(34,35)15-22)41(23-5-3-4-20(13-23)21-17-38-39-18-21)31(45)26-8-9-28(43)42(26)27-12-19(16-36)10-11-37-27/h1-7,10-13,17-18,22,26,29H,8-9,14-15H2,(H,38,39)(H,40,44)/t26?,29-/m0/s1. The van der Waals surface area contributed by atoms with Crippen LogP contribution in [0, 0.1) is 11.3 Å². The van der Waals surface area contributed by atoms with E-state index in [9.17, 15) is 28.4 Å². The van der Waals surface area contributed by atoms with Gasteiger partial charge in [-0.25, -0.2) is 13.8 Å². The first-order chi connectivity index (χ1) is 21.6. The molecule has 0 bridgehead atoms. The molecule has 2 atom stereocenters. The number of carbonyl (C=O) groups excluding carboxylic acids is 3. The zero-order valence-electron chi connectivity index (χ0n) is 23.7. The number of H-pyrrole nitrogens is 1. The SMILES string of the molecule is N#Cc1ccnc(N2C(=O)CCC2C(=O)N(c2cccc(-c3cn[nH]c3)c2)[C@H](C(=O)NC2CC(F)(F)C2)c2ccccc2Cl)c1. The van der Waals surface area contributed by atoms with Crippen molar-refractivity contribution in [2.75, 3.05) is 9.80 Å². The third kappa shape index (κ3) is 5.99. The molecule has 45 heavy (non-hydrogen) atoms. The molecule has 10 nitrogen and oxygen atoms in total. The van der Waals surface area contributed by atoms with Crippen LogP contribution in [0.5, 0.6) is 0 Å². The molecule has 2 aromatic heterocycles. The summed E-state index contributed by atoms with van der Waals surface area (Å²) in [7, 11) is 0. The van der Waals surface area contributed by atoms with Crippen molar-refractivity contribution in [1.29, 1.82) is 5.26 Å². The molecule has 2 N–H and O–H groups in total. The van der Waals surface area contributed by atoms with Crippen LogP contribution in [0.25, 0.3) is 11.1 Å². The first-order valence-corrected chi connectivity index (χ1v) is 14.6. The lowest BCUT2D eigenvalue weighted by Gasteiger charge is -2.39. The van der Waals surface area contributed by atoms with Gasteiger partial charge in [-0.1, -0.05) is 41.9 Å². The minimum Gasteiger partial charge on any atom is -0.351 e. The van der Waals surface area contributed by atoms with E-state index in [4.69, 9.17) is 11.6 Å². The molecule has 1 saturated heterocycles. The van der Waals surface area contributed by atoms with E-state index in [0.29, 0.717) is 11.3 Å². The Labute approximate surface area is 261 Å². The number of carbonyl (C=O) groups is 3. The van der Waals surface area contributed by atoms with Gasteiger partial charge in [-0.15, -0.1) is 0 Å². The Hall–Kier alpha value is -5.15. The van der Waals surface area contributed by atoms with E-state index in [0.717, 1.165) is 5.56 Å². The van der Waals surface area contributed by atoms with E-state index in [1.165, 1.54) is 28.1 Å². The maximum absolute atomic E-state index is 14.8. The van der Waals surface area contributed by atoms with Crippen LogP contribution < -0.4 is 15.1 Å². The monoisotopic (exact) mass is 629 g/mol. The summed E-state index contributed by atoms with van der Waals surface area (Å²) in [5, 5.41) is 19.1. The van der Waals surface area contributed by atoms with Crippen LogP contribution in [0.3, 0.4) is 0 Å². The van der Waals surface area contributed by atoms with Crippen molar-refractivity contribution in [2.45, 2.75) is 49.7 Å². The summed E-state index contributed by atoms with van der Waals surface area (Å²) in [5.41, 5.74) is 2.22. The molecule has 1 unspecified atom stereocenters. The number of alkyl halides is 2.